The van der Waals surface area contributed by atoms with E-state index in [1.54, 1.807) is 4.90 Å². The lowest BCUT2D eigenvalue weighted by Crippen LogP contribution is -2.54. The van der Waals surface area contributed by atoms with Crippen molar-refractivity contribution < 1.29 is 17.9 Å². The molecule has 2 heterocycles. The van der Waals surface area contributed by atoms with Crippen molar-refractivity contribution in [2.24, 2.45) is 0 Å². The molecule has 3 unspecified atom stereocenters. The summed E-state index contributed by atoms with van der Waals surface area (Å²) in [6, 6.07) is -0.656. The molecule has 0 saturated carbocycles. The van der Waals surface area contributed by atoms with Crippen molar-refractivity contribution >= 4 is 17.3 Å². The Morgan fingerprint density at radius 3 is 2.75 bits per heavy atom. The van der Waals surface area contributed by atoms with Gasteiger partial charge in [0.05, 0.1) is 12.1 Å². The zero-order chi connectivity index (χ0) is 11.9. The van der Waals surface area contributed by atoms with Crippen molar-refractivity contribution in [2.75, 3.05) is 13.1 Å². The van der Waals surface area contributed by atoms with Gasteiger partial charge in [-0.1, -0.05) is 0 Å². The quantitative estimate of drug-likeness (QED) is 0.713. The third kappa shape index (κ3) is 1.98. The number of hydrogen-bond donors (Lipinski definition) is 1. The second-order valence-electron chi connectivity index (χ2n) is 4.01. The highest BCUT2D eigenvalue weighted by Crippen LogP contribution is 2.40. The molecule has 1 N–H and O–H groups in total. The van der Waals surface area contributed by atoms with Crippen LogP contribution in [0.1, 0.15) is 13.3 Å². The molecule has 2 saturated heterocycles. The van der Waals surface area contributed by atoms with Gasteiger partial charge in [0.2, 0.25) is 0 Å². The zero-order valence-corrected chi connectivity index (χ0v) is 9.57. The molecule has 2 fully saturated rings. The number of alkyl halides is 3. The van der Waals surface area contributed by atoms with Gasteiger partial charge in [0.25, 0.3) is 0 Å². The van der Waals surface area contributed by atoms with Crippen molar-refractivity contribution in [3.8, 4) is 0 Å². The summed E-state index contributed by atoms with van der Waals surface area (Å²) in [5.74, 6) is 0. The number of morpholine rings is 1. The van der Waals surface area contributed by atoms with Gasteiger partial charge in [-0.05, 0) is 25.6 Å². The molecule has 0 spiro atoms. The van der Waals surface area contributed by atoms with Crippen LogP contribution in [0.2, 0.25) is 0 Å². The predicted octanol–water partition coefficient (Wildman–Crippen LogP) is 1.28. The number of hydrogen-bond acceptors (Lipinski definition) is 2. The Hall–Kier alpha value is -0.560. The van der Waals surface area contributed by atoms with Gasteiger partial charge in [0, 0.05) is 13.1 Å². The summed E-state index contributed by atoms with van der Waals surface area (Å²) in [5, 5.41) is 3.27. The number of ether oxygens (including phenoxy) is 1. The summed E-state index contributed by atoms with van der Waals surface area (Å²) in [6.07, 6.45) is -5.92. The Morgan fingerprint density at radius 1 is 1.56 bits per heavy atom. The molecule has 92 valence electrons. The molecule has 2 aliphatic heterocycles. The molecule has 0 aromatic heterocycles. The van der Waals surface area contributed by atoms with E-state index in [0.717, 1.165) is 0 Å². The molecule has 3 nitrogen and oxygen atoms in total. The monoisotopic (exact) mass is 254 g/mol. The van der Waals surface area contributed by atoms with Crippen LogP contribution < -0.4 is 5.32 Å². The van der Waals surface area contributed by atoms with E-state index in [2.05, 4.69) is 5.32 Å². The smallest absolute Gasteiger partial charge is 0.363 e. The molecular formula is C9H13F3N2OS. The van der Waals surface area contributed by atoms with E-state index in [1.807, 2.05) is 6.92 Å². The van der Waals surface area contributed by atoms with Crippen molar-refractivity contribution in [2.45, 2.75) is 37.8 Å². The SMILES string of the molecule is CCNC(=S)N1CC2CC1C(C(F)(F)F)O2. The maximum absolute atomic E-state index is 12.6. The molecule has 0 amide bonds. The fourth-order valence-corrected chi connectivity index (χ4v) is 2.65. The lowest BCUT2D eigenvalue weighted by molar-refractivity contribution is -0.233. The number of halogens is 3. The van der Waals surface area contributed by atoms with Crippen LogP contribution in [0.5, 0.6) is 0 Å². The molecular weight excluding hydrogens is 241 g/mol. The largest absolute Gasteiger partial charge is 0.416 e. The van der Waals surface area contributed by atoms with Crippen molar-refractivity contribution in [1.29, 1.82) is 0 Å². The van der Waals surface area contributed by atoms with Crippen LogP contribution in [0.25, 0.3) is 0 Å². The Bertz CT molecular complexity index is 297. The molecule has 0 aromatic rings. The topological polar surface area (TPSA) is 24.5 Å². The van der Waals surface area contributed by atoms with Crippen LogP contribution in [-0.4, -0.2) is 47.5 Å². The summed E-state index contributed by atoms with van der Waals surface area (Å²) >= 11 is 5.04. The average molecular weight is 254 g/mol. The molecule has 2 aliphatic rings. The summed E-state index contributed by atoms with van der Waals surface area (Å²) < 4.78 is 42.8. The third-order valence-corrected chi connectivity index (χ3v) is 3.28. The second-order valence-corrected chi connectivity index (χ2v) is 4.40. The van der Waals surface area contributed by atoms with Gasteiger partial charge >= 0.3 is 6.18 Å². The normalized spacial score (nSPS) is 33.2. The van der Waals surface area contributed by atoms with E-state index in [4.69, 9.17) is 17.0 Å². The molecule has 0 aliphatic carbocycles. The Morgan fingerprint density at radius 2 is 2.25 bits per heavy atom. The maximum Gasteiger partial charge on any atom is 0.416 e. The number of nitrogens with zero attached hydrogens (tertiary/aromatic N) is 1. The van der Waals surface area contributed by atoms with Crippen molar-refractivity contribution in [3.05, 3.63) is 0 Å². The minimum Gasteiger partial charge on any atom is -0.363 e. The number of thiocarbonyl (C=S) groups is 1. The minimum atomic E-state index is -4.31. The van der Waals surface area contributed by atoms with Gasteiger partial charge < -0.3 is 15.0 Å². The van der Waals surface area contributed by atoms with Crippen molar-refractivity contribution in [1.82, 2.24) is 10.2 Å². The number of likely N-dealkylation sites (tertiary alicyclic amines) is 1. The lowest BCUT2D eigenvalue weighted by atomic mass is 10.1. The van der Waals surface area contributed by atoms with Gasteiger partial charge in [0.15, 0.2) is 11.2 Å². The van der Waals surface area contributed by atoms with Crippen LogP contribution in [0.3, 0.4) is 0 Å². The fourth-order valence-electron chi connectivity index (χ4n) is 2.29. The van der Waals surface area contributed by atoms with Crippen LogP contribution in [0.4, 0.5) is 13.2 Å². The first kappa shape index (κ1) is 11.9. The summed E-state index contributed by atoms with van der Waals surface area (Å²) in [6.45, 7) is 2.94. The average Bonchev–Trinajstić information content (AvgIpc) is 2.75. The summed E-state index contributed by atoms with van der Waals surface area (Å²) in [4.78, 5) is 1.60. The van der Waals surface area contributed by atoms with Gasteiger partial charge in [-0.2, -0.15) is 13.2 Å². The number of rotatable bonds is 1. The standard InChI is InChI=1S/C9H13F3N2OS/c1-2-13-8(16)14-4-5-3-6(14)7(15-5)9(10,11)12/h5-7H,2-4H2,1H3,(H,13,16). The molecule has 2 bridgehead atoms. The Kier molecular flexibility index (Phi) is 3.00. The molecule has 2 rings (SSSR count). The molecule has 0 aromatic carbocycles. The van der Waals surface area contributed by atoms with Crippen LogP contribution in [0, 0.1) is 0 Å². The van der Waals surface area contributed by atoms with E-state index in [-0.39, 0.29) is 6.10 Å². The van der Waals surface area contributed by atoms with Crippen molar-refractivity contribution in [3.63, 3.8) is 0 Å². The highest BCUT2D eigenvalue weighted by molar-refractivity contribution is 7.80. The first-order valence-corrected chi connectivity index (χ1v) is 5.61. The van der Waals surface area contributed by atoms with Crippen LogP contribution >= 0.6 is 12.2 Å². The highest BCUT2D eigenvalue weighted by atomic mass is 32.1. The van der Waals surface area contributed by atoms with E-state index in [9.17, 15) is 13.2 Å². The van der Waals surface area contributed by atoms with Gasteiger partial charge in [-0.25, -0.2) is 0 Å². The number of fused-ring (bicyclic) bond motifs is 2. The third-order valence-electron chi connectivity index (χ3n) is 2.91. The Labute approximate surface area is 96.9 Å². The first-order valence-electron chi connectivity index (χ1n) is 5.20. The van der Waals surface area contributed by atoms with E-state index < -0.39 is 18.3 Å². The summed E-state index contributed by atoms with van der Waals surface area (Å²) in [5.41, 5.74) is 0. The van der Waals surface area contributed by atoms with Gasteiger partial charge in [-0.15, -0.1) is 0 Å². The minimum absolute atomic E-state index is 0.340. The Balaban J connectivity index is 2.07. The van der Waals surface area contributed by atoms with Gasteiger partial charge in [0.1, 0.15) is 0 Å². The second kappa shape index (κ2) is 4.03. The van der Waals surface area contributed by atoms with Gasteiger partial charge in [-0.3, -0.25) is 0 Å². The van der Waals surface area contributed by atoms with Crippen LogP contribution in [-0.2, 0) is 4.74 Å². The van der Waals surface area contributed by atoms with E-state index in [1.165, 1.54) is 0 Å². The number of nitrogens with one attached hydrogen (secondary N) is 1. The molecule has 16 heavy (non-hydrogen) atoms. The lowest BCUT2D eigenvalue weighted by Gasteiger charge is -2.35. The zero-order valence-electron chi connectivity index (χ0n) is 8.75. The highest BCUT2D eigenvalue weighted by Gasteiger charge is 2.57. The van der Waals surface area contributed by atoms with E-state index >= 15 is 0 Å². The van der Waals surface area contributed by atoms with E-state index in [0.29, 0.717) is 24.6 Å². The van der Waals surface area contributed by atoms with Crippen LogP contribution in [0.15, 0.2) is 0 Å². The molecule has 3 atom stereocenters. The predicted molar refractivity (Wildman–Crippen MR) is 56.1 cm³/mol. The summed E-state index contributed by atoms with van der Waals surface area (Å²) in [7, 11) is 0. The fraction of sp³-hybridized carbons (Fsp3) is 0.889. The maximum atomic E-state index is 12.6. The molecule has 0 radical (unpaired) electrons. The first-order chi connectivity index (χ1) is 7.43. The molecule has 7 heteroatoms.